The summed E-state index contributed by atoms with van der Waals surface area (Å²) in [6, 6.07) is 3.10. The zero-order valence-corrected chi connectivity index (χ0v) is 13.5. The van der Waals surface area contributed by atoms with Gasteiger partial charge in [-0.3, -0.25) is 4.79 Å². The zero-order chi connectivity index (χ0) is 17.4. The lowest BCUT2D eigenvalue weighted by Crippen LogP contribution is -2.14. The highest BCUT2D eigenvalue weighted by molar-refractivity contribution is 5.93. The normalized spacial score (nSPS) is 12.1. The number of aromatic amines is 1. The van der Waals surface area contributed by atoms with Gasteiger partial charge >= 0.3 is 5.97 Å². The van der Waals surface area contributed by atoms with Crippen LogP contribution in [0.15, 0.2) is 12.1 Å². The fourth-order valence-electron chi connectivity index (χ4n) is 2.79. The number of nitrogens with one attached hydrogen (secondary N) is 1. The van der Waals surface area contributed by atoms with E-state index in [1.165, 1.54) is 13.2 Å². The Morgan fingerprint density at radius 1 is 1.39 bits per heavy atom. The van der Waals surface area contributed by atoms with E-state index in [1.807, 2.05) is 19.0 Å². The van der Waals surface area contributed by atoms with Gasteiger partial charge in [0.15, 0.2) is 0 Å². The number of nitrogens with zero attached hydrogens (tertiary/aromatic N) is 1. The van der Waals surface area contributed by atoms with E-state index in [-0.39, 0.29) is 23.1 Å². The van der Waals surface area contributed by atoms with Gasteiger partial charge in [0.2, 0.25) is 0 Å². The summed E-state index contributed by atoms with van der Waals surface area (Å²) in [5.41, 5.74) is 1.19. The summed E-state index contributed by atoms with van der Waals surface area (Å²) < 4.78 is 33.4. The van der Waals surface area contributed by atoms with Gasteiger partial charge in [0, 0.05) is 30.1 Å². The van der Waals surface area contributed by atoms with E-state index >= 15 is 0 Å². The number of H-pyrrole nitrogens is 1. The number of alkyl halides is 2. The maximum atomic E-state index is 14.2. The molecule has 0 aliphatic carbocycles. The van der Waals surface area contributed by atoms with Crippen LogP contribution in [0.3, 0.4) is 0 Å². The van der Waals surface area contributed by atoms with Crippen molar-refractivity contribution in [3.05, 3.63) is 29.0 Å². The Morgan fingerprint density at radius 2 is 2.04 bits per heavy atom. The molecule has 1 aromatic heterocycles. The van der Waals surface area contributed by atoms with Crippen molar-refractivity contribution in [3.8, 4) is 5.75 Å². The summed E-state index contributed by atoms with van der Waals surface area (Å²) in [6.45, 7) is 1.21. The van der Waals surface area contributed by atoms with Crippen LogP contribution in [0.4, 0.5) is 8.78 Å². The second kappa shape index (κ2) is 6.16. The minimum Gasteiger partial charge on any atom is -0.496 e. The topological polar surface area (TPSA) is 65.6 Å². The van der Waals surface area contributed by atoms with Gasteiger partial charge in [-0.25, -0.2) is 8.78 Å². The van der Waals surface area contributed by atoms with Gasteiger partial charge in [0.25, 0.3) is 5.92 Å². The Morgan fingerprint density at radius 3 is 2.52 bits per heavy atom. The lowest BCUT2D eigenvalue weighted by Gasteiger charge is -2.17. The van der Waals surface area contributed by atoms with Crippen LogP contribution in [0.2, 0.25) is 0 Å². The highest BCUT2D eigenvalue weighted by Crippen LogP contribution is 2.42. The van der Waals surface area contributed by atoms with Crippen LogP contribution in [0.25, 0.3) is 10.9 Å². The number of halogens is 2. The number of fused-ring (bicyclic) bond motifs is 1. The largest absolute Gasteiger partial charge is 0.496 e. The van der Waals surface area contributed by atoms with Gasteiger partial charge in [-0.1, -0.05) is 0 Å². The van der Waals surface area contributed by atoms with Crippen molar-refractivity contribution in [1.82, 2.24) is 9.88 Å². The second-order valence-corrected chi connectivity index (χ2v) is 5.84. The molecule has 2 rings (SSSR count). The number of carbonyl (C=O) groups is 1. The van der Waals surface area contributed by atoms with Crippen molar-refractivity contribution in [1.29, 1.82) is 0 Å². The number of aromatic nitrogens is 1. The molecule has 0 aliphatic heterocycles. The number of benzene rings is 1. The first-order valence-electron chi connectivity index (χ1n) is 7.10. The van der Waals surface area contributed by atoms with Gasteiger partial charge in [-0.2, -0.15) is 0 Å². The SMILES string of the molecule is COc1ccc2[nH]c(CN(C)C)c(CC(=O)O)c2c1C(C)(F)F. The highest BCUT2D eigenvalue weighted by atomic mass is 19.3. The monoisotopic (exact) mass is 326 g/mol. The number of methoxy groups -OCH3 is 1. The molecule has 2 aromatic rings. The lowest BCUT2D eigenvalue weighted by atomic mass is 9.97. The molecule has 0 saturated heterocycles. The van der Waals surface area contributed by atoms with E-state index in [0.717, 1.165) is 6.92 Å². The average molecular weight is 326 g/mol. The quantitative estimate of drug-likeness (QED) is 0.856. The van der Waals surface area contributed by atoms with Crippen molar-refractivity contribution in [2.24, 2.45) is 0 Å². The molecule has 0 amide bonds. The molecular weight excluding hydrogens is 306 g/mol. The molecule has 0 fully saturated rings. The van der Waals surface area contributed by atoms with Crippen molar-refractivity contribution >= 4 is 16.9 Å². The first-order valence-corrected chi connectivity index (χ1v) is 7.10. The molecule has 1 aromatic carbocycles. The summed E-state index contributed by atoms with van der Waals surface area (Å²) in [5, 5.41) is 9.41. The summed E-state index contributed by atoms with van der Waals surface area (Å²) in [5.74, 6) is -4.18. The van der Waals surface area contributed by atoms with Crippen molar-refractivity contribution in [2.75, 3.05) is 21.2 Å². The number of hydrogen-bond acceptors (Lipinski definition) is 3. The van der Waals surface area contributed by atoms with Crippen LogP contribution in [-0.4, -0.2) is 42.2 Å². The van der Waals surface area contributed by atoms with Crippen LogP contribution >= 0.6 is 0 Å². The maximum Gasteiger partial charge on any atom is 0.307 e. The predicted octanol–water partition coefficient (Wildman–Crippen LogP) is 2.98. The van der Waals surface area contributed by atoms with Gasteiger partial charge in [0.05, 0.1) is 19.1 Å². The molecule has 23 heavy (non-hydrogen) atoms. The Bertz CT molecular complexity index is 733. The molecule has 0 atom stereocenters. The molecule has 126 valence electrons. The van der Waals surface area contributed by atoms with Crippen LogP contribution in [0, 0.1) is 0 Å². The molecule has 2 N–H and O–H groups in total. The molecular formula is C16H20F2N2O3. The van der Waals surface area contributed by atoms with E-state index < -0.39 is 11.9 Å². The Hall–Kier alpha value is -2.15. The standard InChI is InChI=1S/C16H20F2N2O3/c1-16(17,18)15-12(23-4)6-5-10-14(15)9(7-13(21)22)11(19-10)8-20(2)3/h5-6,19H,7-8H2,1-4H3,(H,21,22). The number of carboxylic acid groups (broad SMARTS) is 1. The van der Waals surface area contributed by atoms with E-state index in [9.17, 15) is 18.7 Å². The fraction of sp³-hybridized carbons (Fsp3) is 0.438. The van der Waals surface area contributed by atoms with Crippen molar-refractivity contribution in [3.63, 3.8) is 0 Å². The van der Waals surface area contributed by atoms with Crippen molar-refractivity contribution < 1.29 is 23.4 Å². The fourth-order valence-corrected chi connectivity index (χ4v) is 2.79. The molecule has 0 radical (unpaired) electrons. The molecule has 0 unspecified atom stereocenters. The summed E-state index contributed by atoms with van der Waals surface area (Å²) in [7, 11) is 4.97. The lowest BCUT2D eigenvalue weighted by molar-refractivity contribution is -0.136. The average Bonchev–Trinajstić information content (AvgIpc) is 2.73. The van der Waals surface area contributed by atoms with Gasteiger partial charge in [0.1, 0.15) is 5.75 Å². The van der Waals surface area contributed by atoms with Crippen LogP contribution in [0.1, 0.15) is 23.7 Å². The Labute approximate surface area is 132 Å². The molecule has 1 heterocycles. The number of ether oxygens (including phenoxy) is 1. The van der Waals surface area contributed by atoms with E-state index in [0.29, 0.717) is 23.3 Å². The smallest absolute Gasteiger partial charge is 0.307 e. The zero-order valence-electron chi connectivity index (χ0n) is 13.5. The van der Waals surface area contributed by atoms with E-state index in [4.69, 9.17) is 4.74 Å². The summed E-state index contributed by atoms with van der Waals surface area (Å²) in [4.78, 5) is 16.1. The number of hydrogen-bond donors (Lipinski definition) is 2. The van der Waals surface area contributed by atoms with E-state index in [1.54, 1.807) is 6.07 Å². The highest BCUT2D eigenvalue weighted by Gasteiger charge is 2.33. The first-order chi connectivity index (χ1) is 10.6. The number of aliphatic carboxylic acids is 1. The van der Waals surface area contributed by atoms with E-state index in [2.05, 4.69) is 4.98 Å². The molecule has 7 heteroatoms. The Kier molecular flexibility index (Phi) is 4.61. The number of rotatable bonds is 6. The minimum atomic E-state index is -3.16. The predicted molar refractivity (Wildman–Crippen MR) is 83.1 cm³/mol. The third-order valence-corrected chi connectivity index (χ3v) is 3.58. The maximum absolute atomic E-state index is 14.2. The summed E-state index contributed by atoms with van der Waals surface area (Å²) in [6.07, 6.45) is -0.334. The van der Waals surface area contributed by atoms with Gasteiger partial charge < -0.3 is 19.7 Å². The first kappa shape index (κ1) is 17.2. The van der Waals surface area contributed by atoms with Crippen LogP contribution in [0.5, 0.6) is 5.75 Å². The van der Waals surface area contributed by atoms with Gasteiger partial charge in [-0.05, 0) is 31.8 Å². The van der Waals surface area contributed by atoms with Gasteiger partial charge in [-0.15, -0.1) is 0 Å². The summed E-state index contributed by atoms with van der Waals surface area (Å²) >= 11 is 0. The second-order valence-electron chi connectivity index (χ2n) is 5.84. The third kappa shape index (κ3) is 3.44. The molecule has 5 nitrogen and oxygen atoms in total. The third-order valence-electron chi connectivity index (χ3n) is 3.58. The Balaban J connectivity index is 2.84. The molecule has 0 aliphatic rings. The number of carboxylic acids is 1. The van der Waals surface area contributed by atoms with Crippen LogP contribution < -0.4 is 4.74 Å². The molecule has 0 saturated carbocycles. The minimum absolute atomic E-state index is 0.0482. The van der Waals surface area contributed by atoms with Crippen LogP contribution in [-0.2, 0) is 23.7 Å². The molecule has 0 bridgehead atoms. The van der Waals surface area contributed by atoms with Crippen molar-refractivity contribution in [2.45, 2.75) is 25.8 Å². The molecule has 0 spiro atoms.